The van der Waals surface area contributed by atoms with Crippen LogP contribution in [-0.2, 0) is 10.0 Å². The number of hydrogen-bond acceptors (Lipinski definition) is 4. The lowest BCUT2D eigenvalue weighted by Gasteiger charge is -2.22. The Bertz CT molecular complexity index is 674. The summed E-state index contributed by atoms with van der Waals surface area (Å²) in [5, 5.41) is 17.7. The standard InChI is InChI=1S/C13H14FN3O2S/c1-3-17(9-10(2)7-15)20(18,19)13-6-4-5-12(14)11(13)8-16/h4-6,10H,3,9H2,1-2H3. The first kappa shape index (κ1) is 16.1. The Morgan fingerprint density at radius 1 is 1.40 bits per heavy atom. The van der Waals surface area contributed by atoms with E-state index in [1.165, 1.54) is 12.1 Å². The molecule has 0 spiro atoms. The number of benzene rings is 1. The Kier molecular flexibility index (Phi) is 5.20. The highest BCUT2D eigenvalue weighted by molar-refractivity contribution is 7.89. The molecule has 1 unspecified atom stereocenters. The van der Waals surface area contributed by atoms with E-state index in [4.69, 9.17) is 10.5 Å². The van der Waals surface area contributed by atoms with E-state index in [1.54, 1.807) is 19.9 Å². The maximum absolute atomic E-state index is 13.5. The summed E-state index contributed by atoms with van der Waals surface area (Å²) in [6.45, 7) is 3.34. The van der Waals surface area contributed by atoms with E-state index in [9.17, 15) is 12.8 Å². The van der Waals surface area contributed by atoms with E-state index in [0.29, 0.717) is 0 Å². The van der Waals surface area contributed by atoms with Crippen molar-refractivity contribution in [1.29, 1.82) is 10.5 Å². The van der Waals surface area contributed by atoms with Crippen LogP contribution in [0.4, 0.5) is 4.39 Å². The second-order valence-corrected chi connectivity index (χ2v) is 6.12. The topological polar surface area (TPSA) is 85.0 Å². The van der Waals surface area contributed by atoms with Crippen LogP contribution in [0, 0.1) is 34.4 Å². The molecule has 1 aromatic carbocycles. The Labute approximate surface area is 117 Å². The average molecular weight is 295 g/mol. The van der Waals surface area contributed by atoms with Gasteiger partial charge in [0.05, 0.1) is 12.0 Å². The minimum atomic E-state index is -4.00. The van der Waals surface area contributed by atoms with Gasteiger partial charge in [-0.2, -0.15) is 14.8 Å². The van der Waals surface area contributed by atoms with Gasteiger partial charge in [-0.3, -0.25) is 0 Å². The van der Waals surface area contributed by atoms with Gasteiger partial charge in [0.25, 0.3) is 0 Å². The molecule has 0 N–H and O–H groups in total. The molecule has 0 heterocycles. The molecule has 0 saturated heterocycles. The minimum absolute atomic E-state index is 0.00326. The number of nitrogens with zero attached hydrogens (tertiary/aromatic N) is 3. The molecule has 0 aromatic heterocycles. The molecular formula is C13H14FN3O2S. The fraction of sp³-hybridized carbons (Fsp3) is 0.385. The van der Waals surface area contributed by atoms with E-state index in [-0.39, 0.29) is 18.0 Å². The zero-order chi connectivity index (χ0) is 15.3. The van der Waals surface area contributed by atoms with E-state index in [1.807, 2.05) is 6.07 Å². The van der Waals surface area contributed by atoms with Gasteiger partial charge in [0.1, 0.15) is 22.3 Å². The van der Waals surface area contributed by atoms with Gasteiger partial charge >= 0.3 is 0 Å². The first-order valence-electron chi connectivity index (χ1n) is 5.96. The molecule has 0 fully saturated rings. The van der Waals surface area contributed by atoms with Gasteiger partial charge in [0, 0.05) is 13.1 Å². The first-order valence-corrected chi connectivity index (χ1v) is 7.40. The summed E-state index contributed by atoms with van der Waals surface area (Å²) in [6, 6.07) is 6.98. The van der Waals surface area contributed by atoms with Crippen molar-refractivity contribution in [3.8, 4) is 12.1 Å². The van der Waals surface area contributed by atoms with Crippen LogP contribution in [-0.4, -0.2) is 25.8 Å². The summed E-state index contributed by atoms with van der Waals surface area (Å²) >= 11 is 0. The molecule has 0 saturated carbocycles. The van der Waals surface area contributed by atoms with E-state index < -0.39 is 27.3 Å². The molecule has 1 rings (SSSR count). The third-order valence-corrected chi connectivity index (χ3v) is 4.74. The maximum Gasteiger partial charge on any atom is 0.244 e. The third kappa shape index (κ3) is 3.13. The molecule has 0 amide bonds. The van der Waals surface area contributed by atoms with E-state index in [0.717, 1.165) is 10.4 Å². The first-order chi connectivity index (χ1) is 9.38. The highest BCUT2D eigenvalue weighted by atomic mass is 32.2. The second-order valence-electron chi connectivity index (χ2n) is 4.21. The Morgan fingerprint density at radius 3 is 2.55 bits per heavy atom. The largest absolute Gasteiger partial charge is 0.244 e. The van der Waals surface area contributed by atoms with Crippen molar-refractivity contribution in [2.45, 2.75) is 18.7 Å². The molecule has 20 heavy (non-hydrogen) atoms. The number of halogens is 1. The maximum atomic E-state index is 13.5. The van der Waals surface area contributed by atoms with Crippen molar-refractivity contribution in [1.82, 2.24) is 4.31 Å². The number of sulfonamides is 1. The van der Waals surface area contributed by atoms with Crippen LogP contribution in [0.5, 0.6) is 0 Å². The van der Waals surface area contributed by atoms with Crippen LogP contribution in [0.2, 0.25) is 0 Å². The summed E-state index contributed by atoms with van der Waals surface area (Å²) < 4.78 is 39.5. The van der Waals surface area contributed by atoms with Crippen molar-refractivity contribution in [2.24, 2.45) is 5.92 Å². The molecule has 0 aliphatic carbocycles. The highest BCUT2D eigenvalue weighted by Crippen LogP contribution is 2.22. The van der Waals surface area contributed by atoms with E-state index >= 15 is 0 Å². The Morgan fingerprint density at radius 2 is 2.05 bits per heavy atom. The van der Waals surface area contributed by atoms with Gasteiger partial charge in [-0.15, -0.1) is 0 Å². The molecular weight excluding hydrogens is 281 g/mol. The zero-order valence-corrected chi connectivity index (χ0v) is 12.0. The van der Waals surface area contributed by atoms with Crippen LogP contribution in [0.1, 0.15) is 19.4 Å². The number of nitriles is 2. The molecule has 7 heteroatoms. The molecule has 1 atom stereocenters. The lowest BCUT2D eigenvalue weighted by molar-refractivity contribution is 0.399. The van der Waals surface area contributed by atoms with Crippen LogP contribution in [0.25, 0.3) is 0 Å². The van der Waals surface area contributed by atoms with Crippen LogP contribution in [0.3, 0.4) is 0 Å². The van der Waals surface area contributed by atoms with Crippen molar-refractivity contribution < 1.29 is 12.8 Å². The summed E-state index contributed by atoms with van der Waals surface area (Å²) in [5.74, 6) is -1.37. The second kappa shape index (κ2) is 6.47. The molecule has 0 aliphatic rings. The van der Waals surface area contributed by atoms with Gasteiger partial charge in [-0.25, -0.2) is 12.8 Å². The summed E-state index contributed by atoms with van der Waals surface area (Å²) in [6.07, 6.45) is 0. The summed E-state index contributed by atoms with van der Waals surface area (Å²) in [7, 11) is -4.00. The Balaban J connectivity index is 3.33. The quantitative estimate of drug-likeness (QED) is 0.830. The number of rotatable bonds is 5. The van der Waals surface area contributed by atoms with Crippen LogP contribution in [0.15, 0.2) is 23.1 Å². The van der Waals surface area contributed by atoms with E-state index in [2.05, 4.69) is 0 Å². The third-order valence-electron chi connectivity index (χ3n) is 2.76. The van der Waals surface area contributed by atoms with Crippen molar-refractivity contribution in [2.75, 3.05) is 13.1 Å². The molecule has 0 bridgehead atoms. The average Bonchev–Trinajstić information content (AvgIpc) is 2.43. The van der Waals surface area contributed by atoms with Gasteiger partial charge in [0.15, 0.2) is 0 Å². The van der Waals surface area contributed by atoms with Crippen LogP contribution < -0.4 is 0 Å². The molecule has 1 aromatic rings. The van der Waals surface area contributed by atoms with Gasteiger partial charge in [0.2, 0.25) is 10.0 Å². The molecule has 0 aliphatic heterocycles. The lowest BCUT2D eigenvalue weighted by Crippen LogP contribution is -2.34. The van der Waals surface area contributed by atoms with Gasteiger partial charge in [-0.1, -0.05) is 13.0 Å². The lowest BCUT2D eigenvalue weighted by atomic mass is 10.2. The van der Waals surface area contributed by atoms with Crippen molar-refractivity contribution >= 4 is 10.0 Å². The summed E-state index contributed by atoms with van der Waals surface area (Å²) in [5.41, 5.74) is -0.504. The zero-order valence-electron chi connectivity index (χ0n) is 11.2. The molecule has 5 nitrogen and oxygen atoms in total. The SMILES string of the molecule is CCN(CC(C)C#N)S(=O)(=O)c1cccc(F)c1C#N. The number of hydrogen-bond donors (Lipinski definition) is 0. The van der Waals surface area contributed by atoms with Gasteiger partial charge < -0.3 is 0 Å². The van der Waals surface area contributed by atoms with Crippen molar-refractivity contribution in [3.63, 3.8) is 0 Å². The summed E-state index contributed by atoms with van der Waals surface area (Å²) in [4.78, 5) is -0.369. The predicted molar refractivity (Wildman–Crippen MR) is 70.3 cm³/mol. The molecule has 106 valence electrons. The predicted octanol–water partition coefficient (Wildman–Crippen LogP) is 1.87. The fourth-order valence-electron chi connectivity index (χ4n) is 1.71. The monoisotopic (exact) mass is 295 g/mol. The van der Waals surface area contributed by atoms with Crippen molar-refractivity contribution in [3.05, 3.63) is 29.6 Å². The Hall–Kier alpha value is -1.96. The smallest absolute Gasteiger partial charge is 0.207 e. The van der Waals surface area contributed by atoms with Crippen LogP contribution >= 0.6 is 0 Å². The van der Waals surface area contributed by atoms with Gasteiger partial charge in [-0.05, 0) is 19.1 Å². The fourth-order valence-corrected chi connectivity index (χ4v) is 3.40. The normalized spacial score (nSPS) is 12.7. The molecule has 0 radical (unpaired) electrons. The minimum Gasteiger partial charge on any atom is -0.207 e. The highest BCUT2D eigenvalue weighted by Gasteiger charge is 2.28.